The Hall–Kier alpha value is -6.53. The van der Waals surface area contributed by atoms with E-state index in [1.165, 1.54) is 0 Å². The van der Waals surface area contributed by atoms with E-state index in [1.54, 1.807) is 11.9 Å². The van der Waals surface area contributed by atoms with Crippen molar-refractivity contribution in [3.8, 4) is 56.2 Å². The first kappa shape index (κ1) is 29.8. The van der Waals surface area contributed by atoms with Gasteiger partial charge in [0.1, 0.15) is 11.2 Å². The van der Waals surface area contributed by atoms with Gasteiger partial charge in [-0.1, -0.05) is 109 Å². The van der Waals surface area contributed by atoms with Gasteiger partial charge in [-0.2, -0.15) is 0 Å². The first-order valence-corrected chi connectivity index (χ1v) is 16.2. The second-order valence-corrected chi connectivity index (χ2v) is 11.9. The maximum absolute atomic E-state index is 11.5. The highest BCUT2D eigenvalue weighted by Crippen LogP contribution is 2.41. The summed E-state index contributed by atoms with van der Waals surface area (Å²) in [7, 11) is 3.61. The predicted octanol–water partition coefficient (Wildman–Crippen LogP) is 10.3. The number of anilines is 2. The van der Waals surface area contributed by atoms with Gasteiger partial charge in [0.2, 0.25) is 6.41 Å². The lowest BCUT2D eigenvalue weighted by molar-refractivity contribution is -0.107. The fourth-order valence-corrected chi connectivity index (χ4v) is 6.53. The average Bonchev–Trinajstić information content (AvgIpc) is 3.56. The van der Waals surface area contributed by atoms with E-state index in [2.05, 4.69) is 84.2 Å². The molecule has 0 saturated heterocycles. The number of hydrogen-bond donors (Lipinski definition) is 1. The van der Waals surface area contributed by atoms with E-state index in [0.717, 1.165) is 90.1 Å². The molecule has 2 heterocycles. The molecule has 0 aliphatic rings. The molecular weight excluding hydrogens is 604 g/mol. The van der Waals surface area contributed by atoms with Gasteiger partial charge in [-0.3, -0.25) is 4.79 Å². The van der Waals surface area contributed by atoms with Crippen molar-refractivity contribution in [3.63, 3.8) is 0 Å². The van der Waals surface area contributed by atoms with Crippen LogP contribution in [-0.2, 0) is 4.79 Å². The van der Waals surface area contributed by atoms with Crippen LogP contribution in [0.3, 0.4) is 0 Å². The number of carbonyl (C=O) groups is 1. The summed E-state index contributed by atoms with van der Waals surface area (Å²) in [4.78, 5) is 23.3. The van der Waals surface area contributed by atoms with E-state index in [-0.39, 0.29) is 0 Å². The van der Waals surface area contributed by atoms with Gasteiger partial charge >= 0.3 is 0 Å². The van der Waals surface area contributed by atoms with Gasteiger partial charge in [0.05, 0.1) is 22.8 Å². The van der Waals surface area contributed by atoms with Gasteiger partial charge < -0.3 is 14.6 Å². The Morgan fingerprint density at radius 1 is 0.592 bits per heavy atom. The van der Waals surface area contributed by atoms with Crippen LogP contribution < -0.4 is 10.2 Å². The van der Waals surface area contributed by atoms with Crippen LogP contribution in [-0.4, -0.2) is 30.5 Å². The maximum Gasteiger partial charge on any atom is 0.213 e. The smallest absolute Gasteiger partial charge is 0.213 e. The Bertz CT molecular complexity index is 2490. The molecule has 0 spiro atoms. The third kappa shape index (κ3) is 5.49. The average molecular weight is 637 g/mol. The van der Waals surface area contributed by atoms with Crippen LogP contribution in [0.15, 0.2) is 150 Å². The summed E-state index contributed by atoms with van der Waals surface area (Å²) in [5.41, 5.74) is 12.2. The topological polar surface area (TPSA) is 71.3 Å². The fourth-order valence-electron chi connectivity index (χ4n) is 6.53. The third-order valence-electron chi connectivity index (χ3n) is 8.95. The molecule has 0 bridgehead atoms. The molecule has 2 aromatic heterocycles. The molecule has 0 atom stereocenters. The maximum atomic E-state index is 11.5. The van der Waals surface area contributed by atoms with E-state index < -0.39 is 0 Å². The number of carbonyl (C=O) groups excluding carboxylic acids is 1. The molecule has 6 aromatic carbocycles. The van der Waals surface area contributed by atoms with E-state index in [1.807, 2.05) is 73.8 Å². The highest BCUT2D eigenvalue weighted by atomic mass is 16.3. The molecule has 0 aliphatic carbocycles. The van der Waals surface area contributed by atoms with Gasteiger partial charge in [-0.25, -0.2) is 9.97 Å². The number of amides is 1. The minimum atomic E-state index is 0.652. The van der Waals surface area contributed by atoms with Crippen molar-refractivity contribution in [2.24, 2.45) is 0 Å². The zero-order valence-corrected chi connectivity index (χ0v) is 27.1. The summed E-state index contributed by atoms with van der Waals surface area (Å²) in [5, 5.41) is 5.40. The molecule has 0 unspecified atom stereocenters. The Kier molecular flexibility index (Phi) is 7.66. The Labute approximate surface area is 284 Å². The van der Waals surface area contributed by atoms with Crippen LogP contribution in [0.4, 0.5) is 11.4 Å². The first-order valence-electron chi connectivity index (χ1n) is 16.2. The summed E-state index contributed by atoms with van der Waals surface area (Å²) in [5.74, 6) is 0.652. The highest BCUT2D eigenvalue weighted by Gasteiger charge is 2.18. The molecule has 1 N–H and O–H groups in total. The number of benzene rings is 6. The lowest BCUT2D eigenvalue weighted by atomic mass is 9.93. The molecule has 0 fully saturated rings. The summed E-state index contributed by atoms with van der Waals surface area (Å²) in [6.45, 7) is 0. The standard InChI is InChI=1S/C43H32N4O2/c1-44-38-25-30(22-23-39(38)47(2)27-48)29-14-10-15-31(24-29)36-26-37(46-43(45-36)28-12-4-3-5-13-28)33-17-7-6-16-32(33)34-19-11-21-41-42(34)35-18-8-9-20-40(35)49-41/h3-27,44H,1-2H3. The molecule has 49 heavy (non-hydrogen) atoms. The third-order valence-corrected chi connectivity index (χ3v) is 8.95. The summed E-state index contributed by atoms with van der Waals surface area (Å²) < 4.78 is 6.25. The summed E-state index contributed by atoms with van der Waals surface area (Å²) in [6.07, 6.45) is 0.809. The van der Waals surface area contributed by atoms with Crippen molar-refractivity contribution in [1.29, 1.82) is 0 Å². The second kappa shape index (κ2) is 12.6. The summed E-state index contributed by atoms with van der Waals surface area (Å²) >= 11 is 0. The molecule has 8 aromatic rings. The van der Waals surface area contributed by atoms with Crippen LogP contribution >= 0.6 is 0 Å². The lowest BCUT2D eigenvalue weighted by Gasteiger charge is -2.17. The van der Waals surface area contributed by atoms with E-state index in [9.17, 15) is 4.79 Å². The number of nitrogens with zero attached hydrogens (tertiary/aromatic N) is 3. The van der Waals surface area contributed by atoms with Crippen LogP contribution in [0.2, 0.25) is 0 Å². The quantitative estimate of drug-likeness (QED) is 0.168. The number of furan rings is 1. The predicted molar refractivity (Wildman–Crippen MR) is 201 cm³/mol. The number of hydrogen-bond acceptors (Lipinski definition) is 5. The molecule has 8 rings (SSSR count). The lowest BCUT2D eigenvalue weighted by Crippen LogP contribution is -2.15. The Morgan fingerprint density at radius 2 is 1.24 bits per heavy atom. The van der Waals surface area contributed by atoms with Crippen molar-refractivity contribution >= 4 is 39.7 Å². The van der Waals surface area contributed by atoms with E-state index in [4.69, 9.17) is 14.4 Å². The van der Waals surface area contributed by atoms with Gasteiger partial charge in [0.15, 0.2) is 5.82 Å². The van der Waals surface area contributed by atoms with Gasteiger partial charge in [-0.15, -0.1) is 0 Å². The van der Waals surface area contributed by atoms with Gasteiger partial charge in [0, 0.05) is 41.6 Å². The minimum absolute atomic E-state index is 0.652. The zero-order valence-electron chi connectivity index (χ0n) is 27.1. The molecule has 6 nitrogen and oxygen atoms in total. The van der Waals surface area contributed by atoms with Crippen LogP contribution in [0.25, 0.3) is 78.1 Å². The zero-order chi connectivity index (χ0) is 33.3. The van der Waals surface area contributed by atoms with Crippen LogP contribution in [0.5, 0.6) is 0 Å². The van der Waals surface area contributed by atoms with E-state index >= 15 is 0 Å². The molecule has 0 saturated carbocycles. The molecule has 236 valence electrons. The molecular formula is C43H32N4O2. The van der Waals surface area contributed by atoms with Crippen molar-refractivity contribution in [3.05, 3.63) is 146 Å². The Morgan fingerprint density at radius 3 is 2.08 bits per heavy atom. The fraction of sp³-hybridized carbons (Fsp3) is 0.0465. The van der Waals surface area contributed by atoms with Crippen molar-refractivity contribution in [1.82, 2.24) is 9.97 Å². The van der Waals surface area contributed by atoms with Gasteiger partial charge in [0.25, 0.3) is 0 Å². The monoisotopic (exact) mass is 636 g/mol. The largest absolute Gasteiger partial charge is 0.456 e. The number of para-hydroxylation sites is 1. The van der Waals surface area contributed by atoms with Crippen molar-refractivity contribution < 1.29 is 9.21 Å². The van der Waals surface area contributed by atoms with Crippen LogP contribution in [0.1, 0.15) is 0 Å². The van der Waals surface area contributed by atoms with E-state index in [0.29, 0.717) is 5.82 Å². The molecule has 1 amide bonds. The summed E-state index contributed by atoms with van der Waals surface area (Å²) in [6, 6.07) is 49.4. The van der Waals surface area contributed by atoms with Gasteiger partial charge in [-0.05, 0) is 58.7 Å². The molecule has 6 heteroatoms. The number of aromatic nitrogens is 2. The van der Waals surface area contributed by atoms with Crippen molar-refractivity contribution in [2.75, 3.05) is 24.3 Å². The normalized spacial score (nSPS) is 11.1. The highest BCUT2D eigenvalue weighted by molar-refractivity contribution is 6.13. The molecule has 0 aliphatic heterocycles. The van der Waals surface area contributed by atoms with Crippen molar-refractivity contribution in [2.45, 2.75) is 0 Å². The number of rotatable bonds is 8. The Balaban J connectivity index is 1.30. The first-order chi connectivity index (χ1) is 24.1. The SMILES string of the molecule is CNc1cc(-c2cccc(-c3cc(-c4ccccc4-c4cccc5oc6ccccc6c45)nc(-c4ccccc4)n3)c2)ccc1N(C)C=O. The second-order valence-electron chi connectivity index (χ2n) is 11.9. The number of nitrogens with one attached hydrogen (secondary N) is 1. The minimum Gasteiger partial charge on any atom is -0.456 e. The molecule has 0 radical (unpaired) electrons. The van der Waals surface area contributed by atoms with Crippen LogP contribution in [0, 0.1) is 0 Å². The number of fused-ring (bicyclic) bond motifs is 3.